The zero-order chi connectivity index (χ0) is 28.8. The maximum Gasteiger partial charge on any atom is 0.343 e. The van der Waals surface area contributed by atoms with Crippen molar-refractivity contribution >= 4 is 41.1 Å². The van der Waals surface area contributed by atoms with Crippen LogP contribution in [0.4, 0.5) is 0 Å². The number of allylic oxidation sites excluding steroid dienone is 2. The highest BCUT2D eigenvalue weighted by Gasteiger charge is 2.61. The molecule has 206 valence electrons. The van der Waals surface area contributed by atoms with Crippen molar-refractivity contribution in [1.82, 2.24) is 10.0 Å². The van der Waals surface area contributed by atoms with Gasteiger partial charge in [0, 0.05) is 5.56 Å². The molecule has 6 rings (SSSR count). The van der Waals surface area contributed by atoms with E-state index in [1.807, 2.05) is 19.1 Å². The lowest BCUT2D eigenvalue weighted by Gasteiger charge is -2.31. The van der Waals surface area contributed by atoms with Gasteiger partial charge in [0.2, 0.25) is 0 Å². The van der Waals surface area contributed by atoms with Gasteiger partial charge in [-0.25, -0.2) is 9.80 Å². The lowest BCUT2D eigenvalue weighted by molar-refractivity contribution is -0.154. The molecule has 2 bridgehead atoms. The molecule has 3 amide bonds. The van der Waals surface area contributed by atoms with Gasteiger partial charge in [0.05, 0.1) is 28.0 Å². The largest absolute Gasteiger partial charge is 0.423 e. The van der Waals surface area contributed by atoms with Crippen LogP contribution in [0.2, 0.25) is 5.02 Å². The van der Waals surface area contributed by atoms with Gasteiger partial charge in [0.1, 0.15) is 12.3 Å². The maximum absolute atomic E-state index is 13.7. The van der Waals surface area contributed by atoms with E-state index in [9.17, 15) is 24.0 Å². The van der Waals surface area contributed by atoms with Crippen LogP contribution in [-0.4, -0.2) is 46.0 Å². The second-order valence-corrected chi connectivity index (χ2v) is 10.9. The molecule has 1 saturated heterocycles. The number of amides is 3. The summed E-state index contributed by atoms with van der Waals surface area (Å²) in [7, 11) is 0. The van der Waals surface area contributed by atoms with Gasteiger partial charge in [-0.1, -0.05) is 53.6 Å². The van der Waals surface area contributed by atoms with Crippen LogP contribution in [0.15, 0.2) is 84.9 Å². The van der Waals surface area contributed by atoms with E-state index in [1.54, 1.807) is 36.4 Å². The Hall–Kier alpha value is -4.56. The number of ether oxygens (including phenoxy) is 1. The number of hydrogen-bond acceptors (Lipinski definition) is 6. The zero-order valence-electron chi connectivity index (χ0n) is 22.0. The first kappa shape index (κ1) is 26.7. The Morgan fingerprint density at radius 3 is 2.05 bits per heavy atom. The van der Waals surface area contributed by atoms with Crippen molar-refractivity contribution in [1.29, 1.82) is 0 Å². The van der Waals surface area contributed by atoms with Gasteiger partial charge in [0.25, 0.3) is 17.7 Å². The third kappa shape index (κ3) is 4.74. The molecular formula is C32H25ClN2O6. The Labute approximate surface area is 241 Å². The molecule has 0 aromatic heterocycles. The van der Waals surface area contributed by atoms with Gasteiger partial charge in [0.15, 0.2) is 5.78 Å². The molecule has 3 aliphatic rings. The van der Waals surface area contributed by atoms with E-state index in [0.717, 1.165) is 22.0 Å². The van der Waals surface area contributed by atoms with Crippen LogP contribution in [-0.2, 0) is 9.59 Å². The van der Waals surface area contributed by atoms with Crippen LogP contribution in [0, 0.1) is 30.6 Å². The van der Waals surface area contributed by atoms with Gasteiger partial charge in [-0.3, -0.25) is 19.2 Å². The number of esters is 1. The van der Waals surface area contributed by atoms with Gasteiger partial charge in [-0.15, -0.1) is 0 Å². The van der Waals surface area contributed by atoms with Crippen molar-refractivity contribution in [2.24, 2.45) is 23.7 Å². The molecule has 2 aliphatic carbocycles. The Morgan fingerprint density at radius 1 is 0.854 bits per heavy atom. The first-order valence-electron chi connectivity index (χ1n) is 13.3. The highest BCUT2D eigenvalue weighted by Crippen LogP contribution is 2.52. The van der Waals surface area contributed by atoms with Crippen LogP contribution >= 0.6 is 11.6 Å². The molecule has 0 unspecified atom stereocenters. The van der Waals surface area contributed by atoms with Crippen molar-refractivity contribution in [2.75, 3.05) is 6.54 Å². The number of Topliss-reactive ketones (excluding diaryl/α,β-unsaturated/α-hetero) is 1. The minimum Gasteiger partial charge on any atom is -0.423 e. The van der Waals surface area contributed by atoms with E-state index >= 15 is 0 Å². The number of imide groups is 1. The fraction of sp³-hybridized carbons (Fsp3) is 0.219. The minimum atomic E-state index is -0.727. The monoisotopic (exact) mass is 568 g/mol. The zero-order valence-corrected chi connectivity index (χ0v) is 22.8. The molecule has 2 fully saturated rings. The molecule has 4 atom stereocenters. The predicted molar refractivity (Wildman–Crippen MR) is 149 cm³/mol. The molecule has 1 aliphatic heterocycles. The third-order valence-corrected chi connectivity index (χ3v) is 8.32. The number of hydrazine groups is 1. The lowest BCUT2D eigenvalue weighted by atomic mass is 9.85. The van der Waals surface area contributed by atoms with E-state index in [0.29, 0.717) is 5.56 Å². The van der Waals surface area contributed by atoms with Crippen LogP contribution in [0.5, 0.6) is 5.75 Å². The molecule has 41 heavy (non-hydrogen) atoms. The number of carbonyl (C=O) groups excluding carboxylic acids is 5. The standard InChI is InChI=1S/C32H25ClN2O6/c1-18-6-8-20(9-7-18)32(40)41-23-14-12-19(13-15-23)26(36)17-34(29(37)24-4-2-3-5-25(24)33)35-30(38)27-21-10-11-22(16-21)28(27)31(35)39/h2-15,21-22,27-28H,16-17H2,1H3/t21-,22-,27-,28+/m0/s1. The van der Waals surface area contributed by atoms with Gasteiger partial charge >= 0.3 is 5.97 Å². The summed E-state index contributed by atoms with van der Waals surface area (Å²) in [4.78, 5) is 66.7. The maximum atomic E-state index is 13.7. The molecule has 8 nitrogen and oxygen atoms in total. The summed E-state index contributed by atoms with van der Waals surface area (Å²) in [6.07, 6.45) is 4.65. The molecule has 0 N–H and O–H groups in total. The Balaban J connectivity index is 1.24. The number of carbonyl (C=O) groups is 5. The van der Waals surface area contributed by atoms with Gasteiger partial charge < -0.3 is 4.74 Å². The molecule has 1 heterocycles. The van der Waals surface area contributed by atoms with Crippen molar-refractivity contribution in [3.05, 3.63) is 112 Å². The number of halogens is 1. The highest BCUT2D eigenvalue weighted by atomic mass is 35.5. The average molecular weight is 569 g/mol. The SMILES string of the molecule is Cc1ccc(C(=O)Oc2ccc(C(=O)CN(C(=O)c3ccccc3Cl)N3C(=O)[C@@H]4[C@H](C3=O)[C@H]3C=C[C@H]4C3)cc2)cc1. The van der Waals surface area contributed by atoms with Crippen molar-refractivity contribution in [3.8, 4) is 5.75 Å². The van der Waals surface area contributed by atoms with E-state index in [1.165, 1.54) is 36.4 Å². The number of fused-ring (bicyclic) bond motifs is 5. The molecule has 3 aromatic rings. The minimum absolute atomic E-state index is 0.0606. The third-order valence-electron chi connectivity index (χ3n) is 7.99. The predicted octanol–water partition coefficient (Wildman–Crippen LogP) is 4.91. The summed E-state index contributed by atoms with van der Waals surface area (Å²) in [5.74, 6) is -3.73. The number of rotatable bonds is 7. The number of ketones is 1. The fourth-order valence-corrected chi connectivity index (χ4v) is 6.14. The molecule has 0 radical (unpaired) electrons. The van der Waals surface area contributed by atoms with Crippen molar-refractivity contribution in [3.63, 3.8) is 0 Å². The normalized spacial score (nSPS) is 22.1. The van der Waals surface area contributed by atoms with Crippen LogP contribution in [0.25, 0.3) is 0 Å². The summed E-state index contributed by atoms with van der Waals surface area (Å²) in [6.45, 7) is 1.35. The van der Waals surface area contributed by atoms with Crippen LogP contribution < -0.4 is 4.74 Å². The summed E-state index contributed by atoms with van der Waals surface area (Å²) in [5, 5.41) is 1.90. The number of nitrogens with zero attached hydrogens (tertiary/aromatic N) is 2. The Kier molecular flexibility index (Phi) is 6.79. The van der Waals surface area contributed by atoms with Gasteiger partial charge in [-0.05, 0) is 73.7 Å². The van der Waals surface area contributed by atoms with Crippen LogP contribution in [0.1, 0.15) is 43.1 Å². The first-order valence-corrected chi connectivity index (χ1v) is 13.7. The van der Waals surface area contributed by atoms with E-state index in [2.05, 4.69) is 0 Å². The number of benzene rings is 3. The second-order valence-electron chi connectivity index (χ2n) is 10.5. The van der Waals surface area contributed by atoms with E-state index in [-0.39, 0.29) is 33.7 Å². The molecule has 1 saturated carbocycles. The first-order chi connectivity index (χ1) is 19.7. The Morgan fingerprint density at radius 2 is 1.44 bits per heavy atom. The Bertz CT molecular complexity index is 1580. The lowest BCUT2D eigenvalue weighted by Crippen LogP contribution is -2.52. The van der Waals surface area contributed by atoms with Crippen molar-refractivity contribution < 1.29 is 28.7 Å². The molecule has 0 spiro atoms. The molecule has 3 aromatic carbocycles. The number of aryl methyl sites for hydroxylation is 1. The summed E-state index contributed by atoms with van der Waals surface area (Å²) >= 11 is 6.29. The fourth-order valence-electron chi connectivity index (χ4n) is 5.92. The van der Waals surface area contributed by atoms with Crippen LogP contribution in [0.3, 0.4) is 0 Å². The average Bonchev–Trinajstić information content (AvgIpc) is 3.66. The smallest absolute Gasteiger partial charge is 0.343 e. The topological polar surface area (TPSA) is 101 Å². The van der Waals surface area contributed by atoms with E-state index < -0.39 is 47.9 Å². The quantitative estimate of drug-likeness (QED) is 0.132. The highest BCUT2D eigenvalue weighted by molar-refractivity contribution is 6.34. The molecule has 9 heteroatoms. The number of hydrogen-bond donors (Lipinski definition) is 0. The molecular weight excluding hydrogens is 544 g/mol. The summed E-state index contributed by atoms with van der Waals surface area (Å²) in [6, 6.07) is 19.1. The van der Waals surface area contributed by atoms with Crippen molar-refractivity contribution in [2.45, 2.75) is 13.3 Å². The van der Waals surface area contributed by atoms with E-state index in [4.69, 9.17) is 16.3 Å². The summed E-state index contributed by atoms with van der Waals surface area (Å²) < 4.78 is 5.41. The van der Waals surface area contributed by atoms with Gasteiger partial charge in [-0.2, -0.15) is 5.01 Å². The second kappa shape index (κ2) is 10.4. The summed E-state index contributed by atoms with van der Waals surface area (Å²) in [5.41, 5.74) is 1.67.